The largest absolute Gasteiger partial charge is 0.497 e. The highest BCUT2D eigenvalue weighted by molar-refractivity contribution is 7.14. The zero-order valence-corrected chi connectivity index (χ0v) is 18.5. The molecule has 4 aromatic rings. The number of hydrogen-bond acceptors (Lipinski definition) is 8. The molecule has 0 saturated heterocycles. The first-order valence-electron chi connectivity index (χ1n) is 10.1. The number of amides is 1. The molecule has 0 saturated carbocycles. The summed E-state index contributed by atoms with van der Waals surface area (Å²) in [7, 11) is 1.63. The lowest BCUT2D eigenvalue weighted by Gasteiger charge is -2.02. The normalized spacial score (nSPS) is 10.7. The van der Waals surface area contributed by atoms with E-state index < -0.39 is 0 Å². The quantitative estimate of drug-likeness (QED) is 0.389. The van der Waals surface area contributed by atoms with Crippen LogP contribution in [0.15, 0.2) is 58.4 Å². The Morgan fingerprint density at radius 2 is 1.75 bits per heavy atom. The Bertz CT molecular complexity index is 1170. The summed E-state index contributed by atoms with van der Waals surface area (Å²) < 4.78 is 15.9. The van der Waals surface area contributed by atoms with E-state index in [9.17, 15) is 4.79 Å². The van der Waals surface area contributed by atoms with E-state index in [0.717, 1.165) is 28.3 Å². The number of carbonyl (C=O) groups excluding carboxylic acids is 1. The zero-order valence-electron chi connectivity index (χ0n) is 17.7. The minimum Gasteiger partial charge on any atom is -0.497 e. The van der Waals surface area contributed by atoms with Crippen LogP contribution in [0.25, 0.3) is 22.6 Å². The molecule has 0 aliphatic heterocycles. The summed E-state index contributed by atoms with van der Waals surface area (Å²) in [6.07, 6.45) is 0.551. The molecule has 2 heterocycles. The molecule has 32 heavy (non-hydrogen) atoms. The van der Waals surface area contributed by atoms with Gasteiger partial charge in [-0.3, -0.25) is 4.79 Å². The number of ether oxygens (including phenoxy) is 2. The van der Waals surface area contributed by atoms with Crippen LogP contribution in [0.4, 0.5) is 5.13 Å². The van der Waals surface area contributed by atoms with Crippen molar-refractivity contribution >= 4 is 22.4 Å². The zero-order chi connectivity index (χ0) is 22.3. The molecule has 0 radical (unpaired) electrons. The molecule has 9 heteroatoms. The lowest BCUT2D eigenvalue weighted by molar-refractivity contribution is -0.116. The number of nitrogens with zero attached hydrogens (tertiary/aromatic N) is 3. The molecule has 2 aromatic heterocycles. The first-order valence-corrected chi connectivity index (χ1v) is 11.0. The predicted molar refractivity (Wildman–Crippen MR) is 122 cm³/mol. The first-order chi connectivity index (χ1) is 15.6. The molecule has 0 aliphatic rings. The van der Waals surface area contributed by atoms with Gasteiger partial charge in [0.15, 0.2) is 5.13 Å². The Balaban J connectivity index is 1.30. The SMILES string of the molecule is CCOc1ccc(-c2noc(CCC(=O)Nc3nc(-c4ccc(OC)cc4)cs3)n2)cc1. The minimum atomic E-state index is -0.165. The van der Waals surface area contributed by atoms with Crippen LogP contribution >= 0.6 is 11.3 Å². The fraction of sp³-hybridized carbons (Fsp3) is 0.217. The monoisotopic (exact) mass is 450 g/mol. The van der Waals surface area contributed by atoms with E-state index in [4.69, 9.17) is 14.0 Å². The van der Waals surface area contributed by atoms with Crippen molar-refractivity contribution in [3.05, 3.63) is 59.8 Å². The van der Waals surface area contributed by atoms with Crippen LogP contribution in [-0.2, 0) is 11.2 Å². The van der Waals surface area contributed by atoms with Gasteiger partial charge in [-0.05, 0) is 55.5 Å². The number of nitrogens with one attached hydrogen (secondary N) is 1. The van der Waals surface area contributed by atoms with Crippen LogP contribution in [0.1, 0.15) is 19.2 Å². The number of carbonyl (C=O) groups is 1. The van der Waals surface area contributed by atoms with Crippen molar-refractivity contribution in [1.29, 1.82) is 0 Å². The van der Waals surface area contributed by atoms with Crippen molar-refractivity contribution in [2.45, 2.75) is 19.8 Å². The van der Waals surface area contributed by atoms with E-state index in [1.807, 2.05) is 60.8 Å². The summed E-state index contributed by atoms with van der Waals surface area (Å²) in [5.74, 6) is 2.29. The van der Waals surface area contributed by atoms with Crippen molar-refractivity contribution in [2.75, 3.05) is 19.0 Å². The van der Waals surface area contributed by atoms with Crippen LogP contribution < -0.4 is 14.8 Å². The molecular weight excluding hydrogens is 428 g/mol. The van der Waals surface area contributed by atoms with Gasteiger partial charge in [0.05, 0.1) is 19.4 Å². The third kappa shape index (κ3) is 5.30. The third-order valence-corrected chi connectivity index (χ3v) is 5.35. The predicted octanol–water partition coefficient (Wildman–Crippen LogP) is 4.84. The van der Waals surface area contributed by atoms with Gasteiger partial charge in [-0.1, -0.05) is 5.16 Å². The lowest BCUT2D eigenvalue weighted by Crippen LogP contribution is -2.12. The van der Waals surface area contributed by atoms with Gasteiger partial charge in [0.1, 0.15) is 11.5 Å². The molecule has 164 valence electrons. The molecule has 0 fully saturated rings. The van der Waals surface area contributed by atoms with Crippen LogP contribution in [0.2, 0.25) is 0 Å². The van der Waals surface area contributed by atoms with E-state index in [0.29, 0.717) is 29.9 Å². The minimum absolute atomic E-state index is 0.165. The standard InChI is InChI=1S/C23H22N4O4S/c1-3-30-18-10-6-16(7-11-18)22-26-21(31-27-22)13-12-20(28)25-23-24-19(14-32-23)15-4-8-17(29-2)9-5-15/h4-11,14H,3,12-13H2,1-2H3,(H,24,25,28). The van der Waals surface area contributed by atoms with Crippen molar-refractivity contribution in [2.24, 2.45) is 0 Å². The third-order valence-electron chi connectivity index (χ3n) is 4.59. The first kappa shape index (κ1) is 21.5. The molecule has 4 rings (SSSR count). The molecule has 8 nitrogen and oxygen atoms in total. The molecule has 1 amide bonds. The van der Waals surface area contributed by atoms with Gasteiger partial charge in [0.2, 0.25) is 17.6 Å². The second kappa shape index (κ2) is 10.1. The van der Waals surface area contributed by atoms with Gasteiger partial charge in [0, 0.05) is 29.3 Å². The van der Waals surface area contributed by atoms with Crippen LogP contribution in [0.5, 0.6) is 11.5 Å². The lowest BCUT2D eigenvalue weighted by atomic mass is 10.2. The average molecular weight is 451 g/mol. The fourth-order valence-electron chi connectivity index (χ4n) is 2.97. The Morgan fingerprint density at radius 1 is 1.03 bits per heavy atom. The highest BCUT2D eigenvalue weighted by Gasteiger charge is 2.13. The summed E-state index contributed by atoms with van der Waals surface area (Å²) >= 11 is 1.37. The van der Waals surface area contributed by atoms with E-state index in [1.54, 1.807) is 7.11 Å². The number of aryl methyl sites for hydroxylation is 1. The molecule has 0 atom stereocenters. The van der Waals surface area contributed by atoms with Crippen molar-refractivity contribution < 1.29 is 18.8 Å². The maximum atomic E-state index is 12.3. The van der Waals surface area contributed by atoms with Gasteiger partial charge in [-0.15, -0.1) is 11.3 Å². The maximum Gasteiger partial charge on any atom is 0.227 e. The Hall–Kier alpha value is -3.72. The summed E-state index contributed by atoms with van der Waals surface area (Å²) in [4.78, 5) is 21.2. The topological polar surface area (TPSA) is 99.4 Å². The Labute approximate surface area is 189 Å². The molecule has 0 unspecified atom stereocenters. The van der Waals surface area contributed by atoms with E-state index in [2.05, 4.69) is 20.4 Å². The summed E-state index contributed by atoms with van der Waals surface area (Å²) in [6, 6.07) is 15.1. The van der Waals surface area contributed by atoms with Gasteiger partial charge in [-0.2, -0.15) is 4.98 Å². The number of anilines is 1. The van der Waals surface area contributed by atoms with Crippen molar-refractivity contribution in [3.63, 3.8) is 0 Å². The van der Waals surface area contributed by atoms with Gasteiger partial charge < -0.3 is 19.3 Å². The average Bonchev–Trinajstić information content (AvgIpc) is 3.48. The van der Waals surface area contributed by atoms with Crippen molar-refractivity contribution in [3.8, 4) is 34.1 Å². The van der Waals surface area contributed by atoms with Gasteiger partial charge in [-0.25, -0.2) is 4.98 Å². The number of rotatable bonds is 9. The van der Waals surface area contributed by atoms with Crippen LogP contribution in [0.3, 0.4) is 0 Å². The Kier molecular flexibility index (Phi) is 6.76. The number of aromatic nitrogens is 3. The van der Waals surface area contributed by atoms with E-state index in [-0.39, 0.29) is 12.3 Å². The summed E-state index contributed by atoms with van der Waals surface area (Å²) in [5, 5.41) is 9.26. The van der Waals surface area contributed by atoms with Crippen LogP contribution in [-0.4, -0.2) is 34.7 Å². The highest BCUT2D eigenvalue weighted by atomic mass is 32.1. The highest BCUT2D eigenvalue weighted by Crippen LogP contribution is 2.26. The molecule has 0 spiro atoms. The second-order valence-electron chi connectivity index (χ2n) is 6.78. The molecule has 0 bridgehead atoms. The van der Waals surface area contributed by atoms with Gasteiger partial charge >= 0.3 is 0 Å². The van der Waals surface area contributed by atoms with Crippen molar-refractivity contribution in [1.82, 2.24) is 15.1 Å². The molecule has 0 aliphatic carbocycles. The van der Waals surface area contributed by atoms with Gasteiger partial charge in [0.25, 0.3) is 0 Å². The number of hydrogen-bond donors (Lipinski definition) is 1. The Morgan fingerprint density at radius 3 is 2.47 bits per heavy atom. The molecule has 1 N–H and O–H groups in total. The summed E-state index contributed by atoms with van der Waals surface area (Å²) in [6.45, 7) is 2.54. The van der Waals surface area contributed by atoms with E-state index >= 15 is 0 Å². The summed E-state index contributed by atoms with van der Waals surface area (Å²) in [5.41, 5.74) is 2.57. The number of methoxy groups -OCH3 is 1. The number of thiazole rings is 1. The van der Waals surface area contributed by atoms with E-state index in [1.165, 1.54) is 11.3 Å². The molecule has 2 aromatic carbocycles. The fourth-order valence-corrected chi connectivity index (χ4v) is 3.70. The molecular formula is C23H22N4O4S. The second-order valence-corrected chi connectivity index (χ2v) is 7.64. The van der Waals surface area contributed by atoms with Crippen LogP contribution in [0, 0.1) is 0 Å². The number of benzene rings is 2. The smallest absolute Gasteiger partial charge is 0.227 e. The maximum absolute atomic E-state index is 12.3.